The molecule has 0 fully saturated rings. The standard InChI is InChI=1S/C16H15NO4S/c1-21-12-3-2-10-6-7-17(9-11(10)8-12)15(18)13-4-5-14(22-13)16(19)20/h2-5,8H,6-7,9H2,1H3,(H,19,20). The van der Waals surface area contributed by atoms with Gasteiger partial charge in [-0.1, -0.05) is 6.07 Å². The van der Waals surface area contributed by atoms with Crippen molar-refractivity contribution in [1.82, 2.24) is 4.90 Å². The average Bonchev–Trinajstić information content (AvgIpc) is 3.03. The number of ether oxygens (including phenoxy) is 1. The SMILES string of the molecule is COc1ccc2c(c1)CN(C(=O)c1ccc(C(=O)O)s1)CC2. The molecule has 1 aliphatic rings. The van der Waals surface area contributed by atoms with E-state index in [0.29, 0.717) is 18.0 Å². The van der Waals surface area contributed by atoms with Crippen LogP contribution in [-0.2, 0) is 13.0 Å². The summed E-state index contributed by atoms with van der Waals surface area (Å²) in [6.45, 7) is 1.16. The van der Waals surface area contributed by atoms with E-state index in [1.54, 1.807) is 18.1 Å². The molecule has 2 aromatic rings. The smallest absolute Gasteiger partial charge is 0.345 e. The molecule has 0 aliphatic carbocycles. The Hall–Kier alpha value is -2.34. The molecule has 1 aromatic heterocycles. The van der Waals surface area contributed by atoms with E-state index in [9.17, 15) is 9.59 Å². The molecule has 0 saturated carbocycles. The molecule has 0 saturated heterocycles. The molecule has 0 radical (unpaired) electrons. The molecule has 1 aromatic carbocycles. The molecule has 6 heteroatoms. The van der Waals surface area contributed by atoms with E-state index in [4.69, 9.17) is 9.84 Å². The second-order valence-electron chi connectivity index (χ2n) is 5.08. The Balaban J connectivity index is 1.80. The first-order valence-corrected chi connectivity index (χ1v) is 7.68. The number of fused-ring (bicyclic) bond motifs is 1. The number of carboxylic acids is 1. The monoisotopic (exact) mass is 317 g/mol. The number of methoxy groups -OCH3 is 1. The molecular formula is C16H15NO4S. The van der Waals surface area contributed by atoms with Gasteiger partial charge in [0.2, 0.25) is 0 Å². The number of hydrogen-bond acceptors (Lipinski definition) is 4. The number of carboxylic acid groups (broad SMARTS) is 1. The van der Waals surface area contributed by atoms with E-state index in [1.165, 1.54) is 11.6 Å². The first-order valence-electron chi connectivity index (χ1n) is 6.86. The highest BCUT2D eigenvalue weighted by Crippen LogP contribution is 2.26. The third-order valence-corrected chi connectivity index (χ3v) is 4.80. The van der Waals surface area contributed by atoms with E-state index < -0.39 is 5.97 Å². The fourth-order valence-electron chi connectivity index (χ4n) is 2.56. The highest BCUT2D eigenvalue weighted by Gasteiger charge is 2.24. The summed E-state index contributed by atoms with van der Waals surface area (Å²) in [5.41, 5.74) is 2.30. The Bertz CT molecular complexity index is 737. The van der Waals surface area contributed by atoms with Crippen LogP contribution in [0.25, 0.3) is 0 Å². The van der Waals surface area contributed by atoms with Crippen molar-refractivity contribution in [3.63, 3.8) is 0 Å². The van der Waals surface area contributed by atoms with Gasteiger partial charge in [-0.25, -0.2) is 4.79 Å². The summed E-state index contributed by atoms with van der Waals surface area (Å²) in [5, 5.41) is 8.95. The molecule has 114 valence electrons. The van der Waals surface area contributed by atoms with Crippen LogP contribution in [0.3, 0.4) is 0 Å². The van der Waals surface area contributed by atoms with Crippen LogP contribution in [0.4, 0.5) is 0 Å². The molecule has 0 atom stereocenters. The van der Waals surface area contributed by atoms with Crippen molar-refractivity contribution < 1.29 is 19.4 Å². The van der Waals surface area contributed by atoms with E-state index in [1.807, 2.05) is 18.2 Å². The molecule has 1 amide bonds. The summed E-state index contributed by atoms with van der Waals surface area (Å²) in [4.78, 5) is 25.8. The lowest BCUT2D eigenvalue weighted by molar-refractivity contribution is 0.0701. The van der Waals surface area contributed by atoms with Gasteiger partial charge in [-0.15, -0.1) is 11.3 Å². The maximum Gasteiger partial charge on any atom is 0.345 e. The van der Waals surface area contributed by atoms with Gasteiger partial charge in [-0.05, 0) is 41.8 Å². The van der Waals surface area contributed by atoms with Crippen LogP contribution >= 0.6 is 11.3 Å². The molecule has 3 rings (SSSR count). The lowest BCUT2D eigenvalue weighted by Crippen LogP contribution is -2.35. The number of carbonyl (C=O) groups is 2. The van der Waals surface area contributed by atoms with Gasteiger partial charge in [0.25, 0.3) is 5.91 Å². The zero-order valence-electron chi connectivity index (χ0n) is 12.0. The van der Waals surface area contributed by atoms with Crippen LogP contribution in [0.2, 0.25) is 0 Å². The number of amides is 1. The van der Waals surface area contributed by atoms with Crippen molar-refractivity contribution in [2.45, 2.75) is 13.0 Å². The summed E-state index contributed by atoms with van der Waals surface area (Å²) in [6.07, 6.45) is 0.794. The van der Waals surface area contributed by atoms with E-state index >= 15 is 0 Å². The number of aromatic carboxylic acids is 1. The highest BCUT2D eigenvalue weighted by atomic mass is 32.1. The van der Waals surface area contributed by atoms with E-state index in [2.05, 4.69) is 0 Å². The molecule has 0 unspecified atom stereocenters. The number of nitrogens with zero attached hydrogens (tertiary/aromatic N) is 1. The van der Waals surface area contributed by atoms with Gasteiger partial charge in [-0.3, -0.25) is 4.79 Å². The molecule has 0 spiro atoms. The van der Waals surface area contributed by atoms with Gasteiger partial charge in [0.15, 0.2) is 0 Å². The Morgan fingerprint density at radius 1 is 1.18 bits per heavy atom. The van der Waals surface area contributed by atoms with Crippen LogP contribution in [0.1, 0.15) is 30.5 Å². The van der Waals surface area contributed by atoms with Gasteiger partial charge >= 0.3 is 5.97 Å². The summed E-state index contributed by atoms with van der Waals surface area (Å²) < 4.78 is 5.22. The minimum atomic E-state index is -1.00. The zero-order valence-corrected chi connectivity index (χ0v) is 12.9. The predicted octanol–water partition coefficient (Wildman–Crippen LogP) is 2.65. The first kappa shape index (κ1) is 14.6. The van der Waals surface area contributed by atoms with Crippen LogP contribution in [0.5, 0.6) is 5.75 Å². The topological polar surface area (TPSA) is 66.8 Å². The lowest BCUT2D eigenvalue weighted by Gasteiger charge is -2.28. The number of thiophene rings is 1. The average molecular weight is 317 g/mol. The normalized spacial score (nSPS) is 13.6. The van der Waals surface area contributed by atoms with Crippen molar-refractivity contribution in [3.8, 4) is 5.75 Å². The van der Waals surface area contributed by atoms with Crippen molar-refractivity contribution in [3.05, 3.63) is 51.2 Å². The maximum atomic E-state index is 12.5. The summed E-state index contributed by atoms with van der Waals surface area (Å²) in [5.74, 6) is -0.346. The number of carbonyl (C=O) groups excluding carboxylic acids is 1. The molecule has 0 bridgehead atoms. The molecule has 5 nitrogen and oxygen atoms in total. The maximum absolute atomic E-state index is 12.5. The minimum absolute atomic E-state index is 0.119. The molecule has 1 N–H and O–H groups in total. The van der Waals surface area contributed by atoms with Gasteiger partial charge in [-0.2, -0.15) is 0 Å². The van der Waals surface area contributed by atoms with Crippen molar-refractivity contribution in [2.75, 3.05) is 13.7 Å². The Morgan fingerprint density at radius 2 is 1.95 bits per heavy atom. The summed E-state index contributed by atoms with van der Waals surface area (Å²) in [7, 11) is 1.62. The van der Waals surface area contributed by atoms with Crippen molar-refractivity contribution in [1.29, 1.82) is 0 Å². The van der Waals surface area contributed by atoms with Crippen molar-refractivity contribution >= 4 is 23.2 Å². The molecule has 2 heterocycles. The first-order chi connectivity index (χ1) is 10.6. The lowest BCUT2D eigenvalue weighted by atomic mass is 9.99. The van der Waals surface area contributed by atoms with Gasteiger partial charge < -0.3 is 14.7 Å². The third-order valence-electron chi connectivity index (χ3n) is 3.74. The molecule has 22 heavy (non-hydrogen) atoms. The van der Waals surface area contributed by atoms with Gasteiger partial charge in [0.05, 0.1) is 12.0 Å². The van der Waals surface area contributed by atoms with E-state index in [-0.39, 0.29) is 10.8 Å². The second-order valence-corrected chi connectivity index (χ2v) is 6.16. The number of hydrogen-bond donors (Lipinski definition) is 1. The summed E-state index contributed by atoms with van der Waals surface area (Å²) >= 11 is 1.02. The van der Waals surface area contributed by atoms with Crippen LogP contribution in [0, 0.1) is 0 Å². The van der Waals surface area contributed by atoms with Crippen molar-refractivity contribution in [2.24, 2.45) is 0 Å². The third kappa shape index (κ3) is 2.69. The van der Waals surface area contributed by atoms with Crippen LogP contribution in [-0.4, -0.2) is 35.5 Å². The number of rotatable bonds is 3. The zero-order chi connectivity index (χ0) is 15.7. The van der Waals surface area contributed by atoms with Crippen LogP contribution < -0.4 is 4.74 Å². The largest absolute Gasteiger partial charge is 0.497 e. The van der Waals surface area contributed by atoms with Crippen LogP contribution in [0.15, 0.2) is 30.3 Å². The Kier molecular flexibility index (Phi) is 3.85. The minimum Gasteiger partial charge on any atom is -0.497 e. The molecular weight excluding hydrogens is 302 g/mol. The Labute approximate surface area is 131 Å². The summed E-state index contributed by atoms with van der Waals surface area (Å²) in [6, 6.07) is 8.96. The fraction of sp³-hybridized carbons (Fsp3) is 0.250. The van der Waals surface area contributed by atoms with Gasteiger partial charge in [0.1, 0.15) is 10.6 Å². The molecule has 1 aliphatic heterocycles. The quantitative estimate of drug-likeness (QED) is 0.945. The fourth-order valence-corrected chi connectivity index (χ4v) is 3.37. The Morgan fingerprint density at radius 3 is 2.64 bits per heavy atom. The second kappa shape index (κ2) is 5.81. The predicted molar refractivity (Wildman–Crippen MR) is 82.7 cm³/mol. The van der Waals surface area contributed by atoms with Gasteiger partial charge in [0, 0.05) is 13.1 Å². The van der Waals surface area contributed by atoms with E-state index in [0.717, 1.165) is 29.1 Å². The highest BCUT2D eigenvalue weighted by molar-refractivity contribution is 7.15. The number of benzene rings is 1.